The predicted molar refractivity (Wildman–Crippen MR) is 54.7 cm³/mol. The molecule has 0 bridgehead atoms. The van der Waals surface area contributed by atoms with E-state index < -0.39 is 0 Å². The number of thiol groups is 1. The first-order valence-corrected chi connectivity index (χ1v) is 3.85. The maximum Gasteiger partial charge on any atom is 0.0835 e. The van der Waals surface area contributed by atoms with E-state index in [0.717, 1.165) is 15.8 Å². The summed E-state index contributed by atoms with van der Waals surface area (Å²) < 4.78 is 0. The fourth-order valence-corrected chi connectivity index (χ4v) is 1.36. The molecular weight excluding hydrogens is 224 g/mol. The van der Waals surface area contributed by atoms with E-state index in [1.807, 2.05) is 30.3 Å². The minimum absolute atomic E-state index is 0. The smallest absolute Gasteiger partial charge is 0.0835 e. The van der Waals surface area contributed by atoms with Gasteiger partial charge in [-0.15, -0.1) is 12.6 Å². The van der Waals surface area contributed by atoms with Crippen LogP contribution in [0.1, 0.15) is 0 Å². The number of rotatable bonds is 0. The van der Waals surface area contributed by atoms with Gasteiger partial charge in [-0.3, -0.25) is 4.98 Å². The first kappa shape index (κ1) is 9.70. The van der Waals surface area contributed by atoms with E-state index in [-0.39, 0.29) is 19.8 Å². The molecule has 0 aliphatic carbocycles. The van der Waals surface area contributed by atoms with Gasteiger partial charge in [-0.2, -0.15) is 0 Å². The molecule has 3 radical (unpaired) electrons. The molecule has 0 unspecified atom stereocenters. The molecule has 0 amide bonds. The number of pyridine rings is 1. The number of fused-ring (bicyclic) bond motifs is 1. The third-order valence-corrected chi connectivity index (χ3v) is 1.97. The van der Waals surface area contributed by atoms with E-state index >= 15 is 0 Å². The summed E-state index contributed by atoms with van der Waals surface area (Å²) in [5.74, 6) is 0. The number of aromatic nitrogens is 1. The minimum Gasteiger partial charge on any atom is -0.255 e. The van der Waals surface area contributed by atoms with Gasteiger partial charge in [-0.25, -0.2) is 0 Å². The summed E-state index contributed by atoms with van der Waals surface area (Å²) in [6, 6.07) is 9.91. The third-order valence-electron chi connectivity index (χ3n) is 1.61. The van der Waals surface area contributed by atoms with Crippen LogP contribution < -0.4 is 0 Å². The Bertz CT molecular complexity index is 384. The summed E-state index contributed by atoms with van der Waals surface area (Å²) in [5.41, 5.74) is 0.971. The van der Waals surface area contributed by atoms with Crippen LogP contribution in [0.25, 0.3) is 10.9 Å². The summed E-state index contributed by atoms with van der Waals surface area (Å²) >= 11 is 4.29. The van der Waals surface area contributed by atoms with Crippen molar-refractivity contribution in [3.8, 4) is 0 Å². The van der Waals surface area contributed by atoms with Crippen LogP contribution in [0, 0.1) is 0 Å². The maximum atomic E-state index is 4.29. The second-order valence-electron chi connectivity index (χ2n) is 2.35. The van der Waals surface area contributed by atoms with Crippen LogP contribution >= 0.6 is 12.6 Å². The average molecular weight is 231 g/mol. The van der Waals surface area contributed by atoms with Crippen LogP contribution in [0.4, 0.5) is 0 Å². The van der Waals surface area contributed by atoms with Crippen LogP contribution in [0.2, 0.25) is 0 Å². The Hall–Kier alpha value is -0.384. The molecule has 0 saturated carbocycles. The maximum absolute atomic E-state index is 4.29. The molecule has 12 heavy (non-hydrogen) atoms. The van der Waals surface area contributed by atoms with Crippen LogP contribution in [0.3, 0.4) is 0 Å². The van der Waals surface area contributed by atoms with E-state index in [1.165, 1.54) is 0 Å². The summed E-state index contributed by atoms with van der Waals surface area (Å²) in [6.07, 6.45) is 1.78. The van der Waals surface area contributed by atoms with E-state index in [9.17, 15) is 0 Å². The Balaban J connectivity index is 0.000000720. The normalized spacial score (nSPS) is 9.42. The van der Waals surface area contributed by atoms with Crippen molar-refractivity contribution in [3.63, 3.8) is 0 Å². The Morgan fingerprint density at radius 3 is 2.58 bits per heavy atom. The zero-order chi connectivity index (χ0) is 7.68. The Morgan fingerprint density at radius 2 is 1.83 bits per heavy atom. The molecule has 0 saturated heterocycles. The molecule has 57 valence electrons. The molecule has 0 aliphatic heterocycles. The van der Waals surface area contributed by atoms with Crippen molar-refractivity contribution < 1.29 is 0 Å². The van der Waals surface area contributed by atoms with Gasteiger partial charge in [-0.1, -0.05) is 18.2 Å². The second kappa shape index (κ2) is 4.03. The molecule has 2 aromatic rings. The second-order valence-corrected chi connectivity index (χ2v) is 2.83. The van der Waals surface area contributed by atoms with Crippen LogP contribution in [-0.2, 0) is 0 Å². The van der Waals surface area contributed by atoms with Gasteiger partial charge in [0.25, 0.3) is 0 Å². The fraction of sp³-hybridized carbons (Fsp3) is 0. The van der Waals surface area contributed by atoms with Crippen molar-refractivity contribution in [1.82, 2.24) is 4.98 Å². The topological polar surface area (TPSA) is 12.9 Å². The van der Waals surface area contributed by atoms with E-state index in [1.54, 1.807) is 6.20 Å². The summed E-state index contributed by atoms with van der Waals surface area (Å²) in [6.45, 7) is 0. The first-order chi connectivity index (χ1) is 5.38. The zero-order valence-corrected chi connectivity index (χ0v) is 9.75. The monoisotopic (exact) mass is 230 g/mol. The zero-order valence-electron chi connectivity index (χ0n) is 6.44. The number of benzene rings is 1. The number of para-hydroxylation sites is 1. The van der Waals surface area contributed by atoms with Crippen molar-refractivity contribution in [3.05, 3.63) is 36.5 Å². The average Bonchev–Trinajstić information content (AvgIpc) is 2.06. The molecule has 3 heteroatoms. The number of nitrogens with zero attached hydrogens (tertiary/aromatic N) is 1. The summed E-state index contributed by atoms with van der Waals surface area (Å²) in [5, 5.41) is 1.14. The van der Waals surface area contributed by atoms with E-state index in [0.29, 0.717) is 0 Å². The van der Waals surface area contributed by atoms with E-state index in [2.05, 4.69) is 17.6 Å². The van der Waals surface area contributed by atoms with Crippen molar-refractivity contribution >= 4 is 43.3 Å². The summed E-state index contributed by atoms with van der Waals surface area (Å²) in [7, 11) is 0. The molecule has 1 aromatic carbocycles. The predicted octanol–water partition coefficient (Wildman–Crippen LogP) is 2.14. The molecule has 0 aliphatic rings. The first-order valence-electron chi connectivity index (χ1n) is 3.40. The SMILES string of the molecule is Sc1cccc2cccnc12.[Ga]. The van der Waals surface area contributed by atoms with Crippen molar-refractivity contribution in [1.29, 1.82) is 0 Å². The van der Waals surface area contributed by atoms with Crippen molar-refractivity contribution in [2.75, 3.05) is 0 Å². The van der Waals surface area contributed by atoms with Gasteiger partial charge < -0.3 is 0 Å². The number of hydrogen-bond donors (Lipinski definition) is 1. The largest absolute Gasteiger partial charge is 0.255 e. The van der Waals surface area contributed by atoms with Gasteiger partial charge in [0.15, 0.2) is 0 Å². The van der Waals surface area contributed by atoms with Crippen molar-refractivity contribution in [2.45, 2.75) is 4.90 Å². The quantitative estimate of drug-likeness (QED) is 0.541. The Labute approximate surface area is 89.7 Å². The Kier molecular flexibility index (Phi) is 3.25. The standard InChI is InChI=1S/C9H7NS.Ga/c11-8-5-1-3-7-4-2-6-10-9(7)8;/h1-6,11H;. The molecule has 1 nitrogen and oxygen atoms in total. The molecular formula is C9H7GaNS. The molecule has 2 rings (SSSR count). The van der Waals surface area contributed by atoms with E-state index in [4.69, 9.17) is 0 Å². The van der Waals surface area contributed by atoms with Gasteiger partial charge in [0.2, 0.25) is 0 Å². The van der Waals surface area contributed by atoms with Gasteiger partial charge in [0.05, 0.1) is 5.52 Å². The van der Waals surface area contributed by atoms with Crippen LogP contribution in [0.15, 0.2) is 41.4 Å². The third kappa shape index (κ3) is 1.68. The minimum atomic E-state index is 0. The van der Waals surface area contributed by atoms with Gasteiger partial charge in [-0.05, 0) is 12.1 Å². The molecule has 0 atom stereocenters. The van der Waals surface area contributed by atoms with Gasteiger partial charge in [0.1, 0.15) is 0 Å². The van der Waals surface area contributed by atoms with Crippen LogP contribution in [0.5, 0.6) is 0 Å². The molecule has 0 spiro atoms. The summed E-state index contributed by atoms with van der Waals surface area (Å²) in [4.78, 5) is 5.14. The number of hydrogen-bond acceptors (Lipinski definition) is 2. The van der Waals surface area contributed by atoms with Gasteiger partial charge in [0, 0.05) is 36.3 Å². The molecule has 0 N–H and O–H groups in total. The fourth-order valence-electron chi connectivity index (χ4n) is 1.09. The molecule has 1 heterocycles. The molecule has 1 aromatic heterocycles. The van der Waals surface area contributed by atoms with Crippen LogP contribution in [-0.4, -0.2) is 24.8 Å². The molecule has 0 fully saturated rings. The van der Waals surface area contributed by atoms with Crippen molar-refractivity contribution in [2.24, 2.45) is 0 Å². The Morgan fingerprint density at radius 1 is 1.08 bits per heavy atom. The van der Waals surface area contributed by atoms with Gasteiger partial charge >= 0.3 is 0 Å².